The minimum absolute atomic E-state index is 0.0209. The third kappa shape index (κ3) is 5.48. The Balaban J connectivity index is 1.94. The van der Waals surface area contributed by atoms with E-state index < -0.39 is 17.7 Å². The van der Waals surface area contributed by atoms with Crippen LogP contribution in [0.3, 0.4) is 0 Å². The fourth-order valence-electron chi connectivity index (χ4n) is 3.11. The summed E-state index contributed by atoms with van der Waals surface area (Å²) in [5, 5.41) is 10.9. The lowest BCUT2D eigenvalue weighted by atomic mass is 10.1. The molecule has 0 saturated heterocycles. The van der Waals surface area contributed by atoms with E-state index in [0.717, 1.165) is 0 Å². The van der Waals surface area contributed by atoms with Gasteiger partial charge in [-0.05, 0) is 62.2 Å². The average Bonchev–Trinajstić information content (AvgIpc) is 3.10. The normalized spacial score (nSPS) is 11.6. The fraction of sp³-hybridized carbons (Fsp3) is 0.273. The Hall–Kier alpha value is -3.89. The van der Waals surface area contributed by atoms with E-state index in [2.05, 4.69) is 5.10 Å². The number of carbonyl (C=O) groups excluding carboxylic acids is 1. The standard InChI is InChI=1S/C22H22F3N5O3/c1-13(2)33-18(31)12-5-14-3-8-16(9-4-14)29-20(22(23,24)25)28-30(21(29)32)17-10-6-15(7-11-17)19(26)27/h3-4,6-11,13H,5,12H2,1-2H3,(H3,26,27). The number of nitrogen functional groups attached to an aromatic ring is 1. The zero-order chi connectivity index (χ0) is 24.3. The molecular formula is C22H22F3N5O3. The molecule has 0 saturated carbocycles. The van der Waals surface area contributed by atoms with E-state index in [9.17, 15) is 22.8 Å². The summed E-state index contributed by atoms with van der Waals surface area (Å²) in [6.45, 7) is 3.47. The number of aromatic nitrogens is 3. The number of carbonyl (C=O) groups is 1. The van der Waals surface area contributed by atoms with Gasteiger partial charge < -0.3 is 10.5 Å². The van der Waals surface area contributed by atoms with Gasteiger partial charge in [0.05, 0.1) is 17.5 Å². The van der Waals surface area contributed by atoms with E-state index in [1.807, 2.05) is 0 Å². The Kier molecular flexibility index (Phi) is 6.70. The first-order chi connectivity index (χ1) is 15.5. The third-order valence-corrected chi connectivity index (χ3v) is 4.63. The highest BCUT2D eigenvalue weighted by atomic mass is 19.4. The van der Waals surface area contributed by atoms with Crippen LogP contribution in [0.4, 0.5) is 13.2 Å². The zero-order valence-electron chi connectivity index (χ0n) is 17.9. The second kappa shape index (κ2) is 9.31. The summed E-state index contributed by atoms with van der Waals surface area (Å²) in [7, 11) is 0. The molecule has 174 valence electrons. The number of alkyl halides is 3. The molecular weight excluding hydrogens is 439 g/mol. The summed E-state index contributed by atoms with van der Waals surface area (Å²) >= 11 is 0. The van der Waals surface area contributed by atoms with Crippen LogP contribution in [0.15, 0.2) is 53.3 Å². The second-order valence-corrected chi connectivity index (χ2v) is 7.52. The summed E-state index contributed by atoms with van der Waals surface area (Å²) in [5.74, 6) is -1.97. The van der Waals surface area contributed by atoms with Crippen molar-refractivity contribution in [1.82, 2.24) is 14.3 Å². The van der Waals surface area contributed by atoms with Crippen LogP contribution in [0.2, 0.25) is 0 Å². The summed E-state index contributed by atoms with van der Waals surface area (Å²) in [5.41, 5.74) is 5.51. The predicted octanol–water partition coefficient (Wildman–Crippen LogP) is 3.21. The van der Waals surface area contributed by atoms with Crippen LogP contribution in [0.25, 0.3) is 11.4 Å². The van der Waals surface area contributed by atoms with Gasteiger partial charge in [0.1, 0.15) is 5.84 Å². The number of esters is 1. The molecule has 3 N–H and O–H groups in total. The van der Waals surface area contributed by atoms with E-state index in [-0.39, 0.29) is 35.7 Å². The first-order valence-electron chi connectivity index (χ1n) is 10.00. The Morgan fingerprint density at radius 1 is 1.09 bits per heavy atom. The molecule has 0 unspecified atom stereocenters. The Bertz CT molecular complexity index is 1210. The van der Waals surface area contributed by atoms with Crippen LogP contribution < -0.4 is 11.4 Å². The molecule has 0 amide bonds. The molecule has 1 heterocycles. The number of aryl methyl sites for hydroxylation is 1. The van der Waals surface area contributed by atoms with Crippen molar-refractivity contribution in [3.63, 3.8) is 0 Å². The molecule has 3 rings (SSSR count). The number of halogens is 3. The van der Waals surface area contributed by atoms with Gasteiger partial charge in [-0.3, -0.25) is 10.2 Å². The minimum Gasteiger partial charge on any atom is -0.463 e. The monoisotopic (exact) mass is 461 g/mol. The van der Waals surface area contributed by atoms with Crippen LogP contribution in [-0.4, -0.2) is 32.3 Å². The maximum Gasteiger partial charge on any atom is 0.452 e. The molecule has 0 spiro atoms. The van der Waals surface area contributed by atoms with Gasteiger partial charge in [0.2, 0.25) is 5.82 Å². The minimum atomic E-state index is -4.89. The van der Waals surface area contributed by atoms with Gasteiger partial charge in [-0.25, -0.2) is 9.36 Å². The maximum atomic E-state index is 13.7. The lowest BCUT2D eigenvalue weighted by molar-refractivity contribution is -0.147. The van der Waals surface area contributed by atoms with Crippen LogP contribution in [0, 0.1) is 5.41 Å². The van der Waals surface area contributed by atoms with Crippen molar-refractivity contribution in [3.8, 4) is 11.4 Å². The number of nitrogens with zero attached hydrogens (tertiary/aromatic N) is 3. The molecule has 0 aliphatic rings. The van der Waals surface area contributed by atoms with Gasteiger partial charge in [-0.15, -0.1) is 5.10 Å². The molecule has 0 atom stereocenters. The van der Waals surface area contributed by atoms with Crippen molar-refractivity contribution in [2.45, 2.75) is 39.0 Å². The number of hydrogen-bond acceptors (Lipinski definition) is 5. The molecule has 2 aromatic carbocycles. The quantitative estimate of drug-likeness (QED) is 0.318. The Morgan fingerprint density at radius 3 is 2.18 bits per heavy atom. The molecule has 0 bridgehead atoms. The number of benzene rings is 2. The van der Waals surface area contributed by atoms with Crippen molar-refractivity contribution < 1.29 is 22.7 Å². The van der Waals surface area contributed by atoms with Gasteiger partial charge in [-0.2, -0.15) is 17.9 Å². The number of rotatable bonds is 7. The van der Waals surface area contributed by atoms with Crippen molar-refractivity contribution in [3.05, 3.63) is 76.0 Å². The van der Waals surface area contributed by atoms with E-state index in [0.29, 0.717) is 26.8 Å². The van der Waals surface area contributed by atoms with Crippen molar-refractivity contribution in [1.29, 1.82) is 5.41 Å². The van der Waals surface area contributed by atoms with Crippen LogP contribution in [-0.2, 0) is 22.1 Å². The van der Waals surface area contributed by atoms with Crippen molar-refractivity contribution in [2.24, 2.45) is 5.73 Å². The zero-order valence-corrected chi connectivity index (χ0v) is 17.9. The van der Waals surface area contributed by atoms with Crippen molar-refractivity contribution >= 4 is 11.8 Å². The molecule has 0 fully saturated rings. The largest absolute Gasteiger partial charge is 0.463 e. The predicted molar refractivity (Wildman–Crippen MR) is 115 cm³/mol. The topological polar surface area (TPSA) is 116 Å². The summed E-state index contributed by atoms with van der Waals surface area (Å²) < 4.78 is 47.2. The van der Waals surface area contributed by atoms with Crippen LogP contribution in [0.5, 0.6) is 0 Å². The number of ether oxygens (including phenoxy) is 1. The Morgan fingerprint density at radius 2 is 1.67 bits per heavy atom. The van der Waals surface area contributed by atoms with Crippen LogP contribution >= 0.6 is 0 Å². The summed E-state index contributed by atoms with van der Waals surface area (Å²) in [4.78, 5) is 24.6. The molecule has 8 nitrogen and oxygen atoms in total. The van der Waals surface area contributed by atoms with Gasteiger partial charge in [-0.1, -0.05) is 12.1 Å². The fourth-order valence-corrected chi connectivity index (χ4v) is 3.11. The van der Waals surface area contributed by atoms with Crippen molar-refractivity contribution in [2.75, 3.05) is 0 Å². The number of hydrogen-bond donors (Lipinski definition) is 2. The molecule has 33 heavy (non-hydrogen) atoms. The molecule has 11 heteroatoms. The van der Waals surface area contributed by atoms with Gasteiger partial charge in [0, 0.05) is 12.0 Å². The van der Waals surface area contributed by atoms with E-state index in [1.54, 1.807) is 26.0 Å². The highest BCUT2D eigenvalue weighted by Crippen LogP contribution is 2.29. The second-order valence-electron chi connectivity index (χ2n) is 7.52. The first kappa shape index (κ1) is 23.8. The Labute approximate surface area is 186 Å². The van der Waals surface area contributed by atoms with E-state index in [4.69, 9.17) is 15.9 Å². The summed E-state index contributed by atoms with van der Waals surface area (Å²) in [6.07, 6.45) is -4.65. The average molecular weight is 461 g/mol. The lowest BCUT2D eigenvalue weighted by Crippen LogP contribution is -2.25. The molecule has 0 aliphatic heterocycles. The molecule has 0 radical (unpaired) electrons. The SMILES string of the molecule is CC(C)OC(=O)CCc1ccc(-n2c(C(F)(F)F)nn(-c3ccc(C(=N)N)cc3)c2=O)cc1. The molecule has 0 aliphatic carbocycles. The lowest BCUT2D eigenvalue weighted by Gasteiger charge is -2.10. The van der Waals surface area contributed by atoms with Gasteiger partial charge >= 0.3 is 17.8 Å². The summed E-state index contributed by atoms with van der Waals surface area (Å²) in [6, 6.07) is 11.4. The van der Waals surface area contributed by atoms with Gasteiger partial charge in [0.15, 0.2) is 0 Å². The van der Waals surface area contributed by atoms with E-state index >= 15 is 0 Å². The van der Waals surface area contributed by atoms with Crippen LogP contribution in [0.1, 0.15) is 37.2 Å². The molecule has 3 aromatic rings. The number of nitrogens with two attached hydrogens (primary N) is 1. The third-order valence-electron chi connectivity index (χ3n) is 4.63. The molecule has 1 aromatic heterocycles. The highest BCUT2D eigenvalue weighted by molar-refractivity contribution is 5.95. The number of amidine groups is 1. The number of nitrogens with one attached hydrogen (secondary N) is 1. The maximum absolute atomic E-state index is 13.7. The van der Waals surface area contributed by atoms with E-state index in [1.165, 1.54) is 36.4 Å². The highest BCUT2D eigenvalue weighted by Gasteiger charge is 2.39. The van der Waals surface area contributed by atoms with Gasteiger partial charge in [0.25, 0.3) is 0 Å². The first-order valence-corrected chi connectivity index (χ1v) is 10.00. The smallest absolute Gasteiger partial charge is 0.452 e.